The number of esters is 7. The first kappa shape index (κ1) is 48.0. The van der Waals surface area contributed by atoms with Crippen LogP contribution in [0.1, 0.15) is 92.9 Å². The largest absolute Gasteiger partial charge is 0.458 e. The van der Waals surface area contributed by atoms with Crippen molar-refractivity contribution in [3.63, 3.8) is 0 Å². The van der Waals surface area contributed by atoms with Crippen molar-refractivity contribution in [1.82, 2.24) is 9.97 Å². The van der Waals surface area contributed by atoms with Crippen LogP contribution in [0.4, 0.5) is 0 Å². The third kappa shape index (κ3) is 10.6. The maximum Gasteiger partial charge on any atom is 0.340 e. The molecule has 0 aliphatic heterocycles. The standard InChI is InChI=1S/C47H50N2O15/c1-26-19-20-45(7,8)41(62-43(56)33-17-13-21-48-23-33)38(59-29(4)51)37(61-42(55)32-15-11-10-12-16-32)27(2)36(58-28(3)50)35-40(60-30(5)52)46(9,25-47(35,39(26)54)63-31(6)53)64-44(57)34-18-14-22-49-24-34/h10-24,26,35-38,40-41H,2,25H2,1,3-9H3/b20-19+/t26-,35-,36-,37-,38+,40+,41+,46+,47+/m0/s1. The second-order valence-electron chi connectivity index (χ2n) is 16.4. The molecule has 0 bridgehead atoms. The molecule has 0 N–H and O–H groups in total. The molecule has 0 radical (unpaired) electrons. The first-order valence-corrected chi connectivity index (χ1v) is 20.2. The van der Waals surface area contributed by atoms with Gasteiger partial charge >= 0.3 is 41.8 Å². The van der Waals surface area contributed by atoms with E-state index in [1.807, 2.05) is 0 Å². The smallest absolute Gasteiger partial charge is 0.340 e. The molecule has 64 heavy (non-hydrogen) atoms. The van der Waals surface area contributed by atoms with Gasteiger partial charge in [0.15, 0.2) is 41.4 Å². The number of ketones is 1. The number of hydrogen-bond acceptors (Lipinski definition) is 17. The summed E-state index contributed by atoms with van der Waals surface area (Å²) in [5.41, 5.74) is -6.44. The minimum absolute atomic E-state index is 0.00176. The summed E-state index contributed by atoms with van der Waals surface area (Å²) in [5.74, 6) is -10.7. The topological polar surface area (TPSA) is 227 Å². The molecular formula is C47H50N2O15. The lowest BCUT2D eigenvalue weighted by molar-refractivity contribution is -0.189. The molecule has 0 saturated heterocycles. The van der Waals surface area contributed by atoms with Crippen molar-refractivity contribution in [2.45, 2.75) is 104 Å². The summed E-state index contributed by atoms with van der Waals surface area (Å²) in [5, 5.41) is 0. The highest BCUT2D eigenvalue weighted by Crippen LogP contribution is 2.54. The van der Waals surface area contributed by atoms with Crippen LogP contribution in [0, 0.1) is 17.3 Å². The number of benzene rings is 1. The van der Waals surface area contributed by atoms with Crippen molar-refractivity contribution < 1.29 is 71.5 Å². The lowest BCUT2D eigenvalue weighted by Gasteiger charge is -2.44. The monoisotopic (exact) mass is 882 g/mol. The van der Waals surface area contributed by atoms with Gasteiger partial charge in [-0.25, -0.2) is 14.4 Å². The number of rotatable bonds is 10. The van der Waals surface area contributed by atoms with Crippen molar-refractivity contribution in [1.29, 1.82) is 0 Å². The highest BCUT2D eigenvalue weighted by atomic mass is 16.6. The van der Waals surface area contributed by atoms with E-state index in [9.17, 15) is 33.6 Å². The Labute approximate surface area is 369 Å². The lowest BCUT2D eigenvalue weighted by Crippen LogP contribution is -2.59. The SMILES string of the molecule is C=C1[C@H](OC(=O)c2ccccc2)[C@@H](OC(C)=O)[C@@H](OC(=O)c2cccnc2)C(C)(C)/C=C/[C@H](C)C(=O)[C@@]2(OC(C)=O)C[C@@](C)(OC(=O)c3cccnc3)[C@H](OC(C)=O)[C@@H]2[C@H]1OC(C)=O. The van der Waals surface area contributed by atoms with Crippen LogP contribution in [-0.2, 0) is 57.1 Å². The molecule has 0 unspecified atom stereocenters. The molecule has 17 heteroatoms. The van der Waals surface area contributed by atoms with Crippen LogP contribution in [0.2, 0.25) is 0 Å². The maximum absolute atomic E-state index is 15.4. The van der Waals surface area contributed by atoms with Gasteiger partial charge in [-0.2, -0.15) is 0 Å². The van der Waals surface area contributed by atoms with Crippen LogP contribution in [0.25, 0.3) is 0 Å². The fourth-order valence-corrected chi connectivity index (χ4v) is 8.23. The zero-order valence-corrected chi connectivity index (χ0v) is 36.6. The highest BCUT2D eigenvalue weighted by Gasteiger charge is 2.72. The molecule has 2 aliphatic carbocycles. The Bertz CT molecular complexity index is 2310. The number of aromatic nitrogens is 2. The molecule has 0 spiro atoms. The van der Waals surface area contributed by atoms with Gasteiger partial charge in [-0.15, -0.1) is 0 Å². The van der Waals surface area contributed by atoms with Gasteiger partial charge < -0.3 is 33.2 Å². The molecule has 17 nitrogen and oxygen atoms in total. The molecular weight excluding hydrogens is 833 g/mol. The van der Waals surface area contributed by atoms with Crippen molar-refractivity contribution in [2.24, 2.45) is 17.3 Å². The third-order valence-corrected chi connectivity index (χ3v) is 10.9. The number of nitrogens with zero attached hydrogens (tertiary/aromatic N) is 2. The fraction of sp³-hybridized carbons (Fsp3) is 0.404. The molecule has 9 atom stereocenters. The molecule has 1 saturated carbocycles. The third-order valence-electron chi connectivity index (χ3n) is 10.9. The van der Waals surface area contributed by atoms with Gasteiger partial charge in [-0.05, 0) is 43.3 Å². The van der Waals surface area contributed by atoms with E-state index >= 15 is 4.79 Å². The van der Waals surface area contributed by atoms with Crippen molar-refractivity contribution >= 4 is 47.6 Å². The molecule has 2 aromatic heterocycles. The molecule has 338 valence electrons. The van der Waals surface area contributed by atoms with Crippen LogP contribution >= 0.6 is 0 Å². The summed E-state index contributed by atoms with van der Waals surface area (Å²) in [6, 6.07) is 13.4. The average molecular weight is 883 g/mol. The lowest BCUT2D eigenvalue weighted by atomic mass is 9.72. The summed E-state index contributed by atoms with van der Waals surface area (Å²) >= 11 is 0. The van der Waals surface area contributed by atoms with Gasteiger partial charge in [-0.1, -0.05) is 57.7 Å². The Hall–Kier alpha value is -7.04. The predicted molar refractivity (Wildman–Crippen MR) is 223 cm³/mol. The Morgan fingerprint density at radius 1 is 0.625 bits per heavy atom. The van der Waals surface area contributed by atoms with E-state index in [0.29, 0.717) is 0 Å². The normalized spacial score (nSPS) is 28.0. The number of allylic oxidation sites excluding steroid dienone is 1. The summed E-state index contributed by atoms with van der Waals surface area (Å²) in [4.78, 5) is 119. The molecule has 5 rings (SSSR count). The van der Waals surface area contributed by atoms with E-state index in [1.54, 1.807) is 32.0 Å². The first-order valence-electron chi connectivity index (χ1n) is 20.2. The second-order valence-corrected chi connectivity index (χ2v) is 16.4. The Kier molecular flexibility index (Phi) is 14.7. The number of fused-ring (bicyclic) bond motifs is 1. The van der Waals surface area contributed by atoms with Crippen LogP contribution in [0.3, 0.4) is 0 Å². The van der Waals surface area contributed by atoms with Gasteiger partial charge in [0.25, 0.3) is 0 Å². The Balaban J connectivity index is 1.87. The van der Waals surface area contributed by atoms with Crippen LogP contribution in [-0.4, -0.2) is 99.3 Å². The minimum atomic E-state index is -2.48. The van der Waals surface area contributed by atoms with E-state index < -0.39 is 119 Å². The Morgan fingerprint density at radius 3 is 1.70 bits per heavy atom. The number of ether oxygens (including phenoxy) is 7. The number of carbonyl (C=O) groups is 8. The first-order chi connectivity index (χ1) is 30.1. The number of pyridine rings is 2. The molecule has 2 heterocycles. The molecule has 0 amide bonds. The quantitative estimate of drug-likeness (QED) is 0.143. The Morgan fingerprint density at radius 2 is 1.17 bits per heavy atom. The second kappa shape index (κ2) is 19.6. The minimum Gasteiger partial charge on any atom is -0.458 e. The van der Waals surface area contributed by atoms with E-state index in [4.69, 9.17) is 33.2 Å². The number of carbonyl (C=O) groups excluding carboxylic acids is 8. The van der Waals surface area contributed by atoms with Crippen LogP contribution in [0.15, 0.2) is 104 Å². The predicted octanol–water partition coefficient (Wildman–Crippen LogP) is 5.32. The van der Waals surface area contributed by atoms with Gasteiger partial charge in [0.05, 0.1) is 22.6 Å². The zero-order valence-electron chi connectivity index (χ0n) is 36.6. The van der Waals surface area contributed by atoms with Crippen LogP contribution < -0.4 is 0 Å². The average Bonchev–Trinajstić information content (AvgIpc) is 3.47. The van der Waals surface area contributed by atoms with Crippen molar-refractivity contribution in [3.8, 4) is 0 Å². The van der Waals surface area contributed by atoms with Gasteiger partial charge in [0.1, 0.15) is 6.10 Å². The van der Waals surface area contributed by atoms with E-state index in [1.165, 1.54) is 87.2 Å². The summed E-state index contributed by atoms with van der Waals surface area (Å²) < 4.78 is 42.5. The van der Waals surface area contributed by atoms with E-state index in [0.717, 1.165) is 27.7 Å². The van der Waals surface area contributed by atoms with E-state index in [-0.39, 0.29) is 16.7 Å². The zero-order chi connectivity index (χ0) is 47.1. The summed E-state index contributed by atoms with van der Waals surface area (Å²) in [6.07, 6.45) is -1.58. The number of hydrogen-bond donors (Lipinski definition) is 0. The van der Waals surface area contributed by atoms with E-state index in [2.05, 4.69) is 16.5 Å². The number of Topliss-reactive ketones (excluding diaryl/α,β-unsaturated/α-hetero) is 1. The maximum atomic E-state index is 15.4. The van der Waals surface area contributed by atoms with Crippen molar-refractivity contribution in [2.75, 3.05) is 0 Å². The van der Waals surface area contributed by atoms with Gasteiger partial charge in [0, 0.05) is 75.8 Å². The molecule has 1 aromatic carbocycles. The van der Waals surface area contributed by atoms with Gasteiger partial charge in [0.2, 0.25) is 0 Å². The van der Waals surface area contributed by atoms with Gasteiger partial charge in [-0.3, -0.25) is 33.9 Å². The summed E-state index contributed by atoms with van der Waals surface area (Å²) in [6.45, 7) is 14.4. The highest BCUT2D eigenvalue weighted by molar-refractivity contribution is 5.95. The fourth-order valence-electron chi connectivity index (χ4n) is 8.23. The molecule has 2 aliphatic rings. The van der Waals surface area contributed by atoms with Crippen LogP contribution in [0.5, 0.6) is 0 Å². The summed E-state index contributed by atoms with van der Waals surface area (Å²) in [7, 11) is 0. The molecule has 3 aromatic rings. The molecule has 1 fully saturated rings. The van der Waals surface area contributed by atoms with Crippen molar-refractivity contribution in [3.05, 3.63) is 120 Å².